The molecule has 0 aliphatic carbocycles. The molecular formula is C13H14O4. The van der Waals surface area contributed by atoms with Crippen LogP contribution < -0.4 is 15.1 Å². The number of benzene rings is 1. The maximum Gasteiger partial charge on any atom is 0.347 e. The molecule has 0 N–H and O–H groups in total. The molecule has 2 aromatic rings. The fourth-order valence-electron chi connectivity index (χ4n) is 1.95. The molecule has 1 aromatic heterocycles. The second kappa shape index (κ2) is 4.13. The number of methoxy groups -OCH3 is 2. The largest absolute Gasteiger partial charge is 0.496 e. The van der Waals surface area contributed by atoms with E-state index in [9.17, 15) is 4.79 Å². The van der Waals surface area contributed by atoms with Crippen molar-refractivity contribution in [1.82, 2.24) is 0 Å². The van der Waals surface area contributed by atoms with Gasteiger partial charge in [0.15, 0.2) is 0 Å². The second-order valence-electron chi connectivity index (χ2n) is 3.84. The van der Waals surface area contributed by atoms with E-state index in [1.807, 2.05) is 13.0 Å². The molecule has 0 bridgehead atoms. The summed E-state index contributed by atoms with van der Waals surface area (Å²) in [5.41, 5.74) is 0.516. The molecule has 0 aliphatic heterocycles. The van der Waals surface area contributed by atoms with Gasteiger partial charge in [0.25, 0.3) is 0 Å². The first-order chi connectivity index (χ1) is 8.08. The van der Waals surface area contributed by atoms with Crippen LogP contribution >= 0.6 is 0 Å². The molecular weight excluding hydrogens is 220 g/mol. The minimum absolute atomic E-state index is 0.386. The molecule has 0 amide bonds. The van der Waals surface area contributed by atoms with Crippen LogP contribution in [0.1, 0.15) is 11.3 Å². The smallest absolute Gasteiger partial charge is 0.347 e. The Morgan fingerprint density at radius 3 is 2.29 bits per heavy atom. The fraction of sp³-hybridized carbons (Fsp3) is 0.308. The molecule has 0 unspecified atom stereocenters. The molecule has 1 heterocycles. The van der Waals surface area contributed by atoms with Crippen LogP contribution in [-0.4, -0.2) is 14.2 Å². The molecule has 90 valence electrons. The average molecular weight is 234 g/mol. The summed E-state index contributed by atoms with van der Waals surface area (Å²) in [6.07, 6.45) is 0. The maximum absolute atomic E-state index is 11.8. The van der Waals surface area contributed by atoms with Crippen molar-refractivity contribution in [3.8, 4) is 11.5 Å². The fourth-order valence-corrected chi connectivity index (χ4v) is 1.95. The van der Waals surface area contributed by atoms with E-state index in [1.54, 1.807) is 20.1 Å². The summed E-state index contributed by atoms with van der Waals surface area (Å²) >= 11 is 0. The van der Waals surface area contributed by atoms with Crippen molar-refractivity contribution in [2.75, 3.05) is 14.2 Å². The molecule has 0 fully saturated rings. The van der Waals surface area contributed by atoms with E-state index in [-0.39, 0.29) is 5.63 Å². The summed E-state index contributed by atoms with van der Waals surface area (Å²) in [5, 5.41) is 1.26. The first-order valence-corrected chi connectivity index (χ1v) is 5.24. The lowest BCUT2D eigenvalue weighted by atomic mass is 10.1. The third-order valence-corrected chi connectivity index (χ3v) is 2.80. The number of aryl methyl sites for hydroxylation is 2. The van der Waals surface area contributed by atoms with Gasteiger partial charge in [-0.15, -0.1) is 0 Å². The Hall–Kier alpha value is -1.97. The number of fused-ring (bicyclic) bond motifs is 1. The van der Waals surface area contributed by atoms with E-state index in [1.165, 1.54) is 7.11 Å². The van der Waals surface area contributed by atoms with Gasteiger partial charge >= 0.3 is 5.63 Å². The Morgan fingerprint density at radius 2 is 1.71 bits per heavy atom. The highest BCUT2D eigenvalue weighted by molar-refractivity contribution is 5.92. The monoisotopic (exact) mass is 234 g/mol. The molecule has 4 nitrogen and oxygen atoms in total. The lowest BCUT2D eigenvalue weighted by Crippen LogP contribution is -2.04. The van der Waals surface area contributed by atoms with E-state index in [0.717, 1.165) is 10.9 Å². The lowest BCUT2D eigenvalue weighted by Gasteiger charge is -2.11. The van der Waals surface area contributed by atoms with Crippen LogP contribution in [0, 0.1) is 13.8 Å². The number of hydrogen-bond donors (Lipinski definition) is 0. The highest BCUT2D eigenvalue weighted by Gasteiger charge is 2.14. The molecule has 17 heavy (non-hydrogen) atoms. The molecule has 0 saturated carbocycles. The minimum Gasteiger partial charge on any atom is -0.496 e. The molecule has 0 aliphatic rings. The van der Waals surface area contributed by atoms with Crippen LogP contribution in [0.15, 0.2) is 21.3 Å². The second-order valence-corrected chi connectivity index (χ2v) is 3.84. The van der Waals surface area contributed by atoms with Gasteiger partial charge in [-0.25, -0.2) is 4.79 Å². The first-order valence-electron chi connectivity index (χ1n) is 5.24. The predicted octanol–water partition coefficient (Wildman–Crippen LogP) is 2.43. The van der Waals surface area contributed by atoms with Crippen molar-refractivity contribution in [3.05, 3.63) is 33.9 Å². The van der Waals surface area contributed by atoms with Gasteiger partial charge in [-0.05, 0) is 25.5 Å². The normalized spacial score (nSPS) is 10.6. The topological polar surface area (TPSA) is 48.7 Å². The molecule has 0 radical (unpaired) electrons. The van der Waals surface area contributed by atoms with Gasteiger partial charge < -0.3 is 13.9 Å². The Labute approximate surface area is 98.8 Å². The van der Waals surface area contributed by atoms with Crippen molar-refractivity contribution >= 4 is 10.8 Å². The summed E-state index contributed by atoms with van der Waals surface area (Å²) < 4.78 is 15.6. The third-order valence-electron chi connectivity index (χ3n) is 2.80. The average Bonchev–Trinajstić information content (AvgIpc) is 2.30. The molecule has 0 saturated heterocycles. The lowest BCUT2D eigenvalue weighted by molar-refractivity contribution is 0.394. The Bertz CT molecular complexity index is 625. The van der Waals surface area contributed by atoms with Crippen LogP contribution in [0.4, 0.5) is 0 Å². The third kappa shape index (κ3) is 1.75. The molecule has 2 rings (SSSR count). The first kappa shape index (κ1) is 11.5. The number of ether oxygens (including phenoxy) is 2. The van der Waals surface area contributed by atoms with Gasteiger partial charge in [0.05, 0.1) is 14.2 Å². The Morgan fingerprint density at radius 1 is 1.06 bits per heavy atom. The Kier molecular flexibility index (Phi) is 2.79. The summed E-state index contributed by atoms with van der Waals surface area (Å²) in [7, 11) is 3.11. The van der Waals surface area contributed by atoms with E-state index < -0.39 is 0 Å². The van der Waals surface area contributed by atoms with Gasteiger partial charge in [-0.2, -0.15) is 0 Å². The van der Waals surface area contributed by atoms with Crippen molar-refractivity contribution in [1.29, 1.82) is 0 Å². The highest BCUT2D eigenvalue weighted by atomic mass is 16.5. The SMILES string of the molecule is COc1cc(OC)c2c(=O)oc(C)cc2c1C. The standard InChI is InChI=1S/C13H14O4/c1-7-5-9-8(2)10(15-3)6-11(16-4)12(9)13(14)17-7/h5-6H,1-4H3. The van der Waals surface area contributed by atoms with Crippen LogP contribution in [0.2, 0.25) is 0 Å². The maximum atomic E-state index is 11.8. The van der Waals surface area contributed by atoms with Crippen molar-refractivity contribution in [3.63, 3.8) is 0 Å². The molecule has 4 heteroatoms. The highest BCUT2D eigenvalue weighted by Crippen LogP contribution is 2.33. The van der Waals surface area contributed by atoms with Gasteiger partial charge in [-0.1, -0.05) is 0 Å². The minimum atomic E-state index is -0.386. The summed E-state index contributed by atoms with van der Waals surface area (Å²) in [6.45, 7) is 3.64. The number of rotatable bonds is 2. The zero-order valence-electron chi connectivity index (χ0n) is 10.3. The molecule has 0 atom stereocenters. The van der Waals surface area contributed by atoms with Gasteiger partial charge in [0, 0.05) is 11.5 Å². The zero-order valence-corrected chi connectivity index (χ0v) is 10.3. The zero-order chi connectivity index (χ0) is 12.6. The van der Waals surface area contributed by atoms with Crippen LogP contribution in [0.25, 0.3) is 10.8 Å². The summed E-state index contributed by atoms with van der Waals surface area (Å²) in [4.78, 5) is 11.8. The molecule has 1 aromatic carbocycles. The quantitative estimate of drug-likeness (QED) is 0.800. The predicted molar refractivity (Wildman–Crippen MR) is 65.1 cm³/mol. The van der Waals surface area contributed by atoms with Gasteiger partial charge in [-0.3, -0.25) is 0 Å². The van der Waals surface area contributed by atoms with Gasteiger partial charge in [0.1, 0.15) is 22.6 Å². The van der Waals surface area contributed by atoms with Crippen molar-refractivity contribution < 1.29 is 13.9 Å². The van der Waals surface area contributed by atoms with Gasteiger partial charge in [0.2, 0.25) is 0 Å². The summed E-state index contributed by atoms with van der Waals surface area (Å²) in [5.74, 6) is 1.73. The van der Waals surface area contributed by atoms with E-state index in [2.05, 4.69) is 0 Å². The van der Waals surface area contributed by atoms with Crippen LogP contribution in [-0.2, 0) is 0 Å². The van der Waals surface area contributed by atoms with E-state index >= 15 is 0 Å². The molecule has 0 spiro atoms. The van der Waals surface area contributed by atoms with E-state index in [0.29, 0.717) is 22.6 Å². The van der Waals surface area contributed by atoms with Crippen molar-refractivity contribution in [2.24, 2.45) is 0 Å². The van der Waals surface area contributed by atoms with Crippen molar-refractivity contribution in [2.45, 2.75) is 13.8 Å². The number of hydrogen-bond acceptors (Lipinski definition) is 4. The summed E-state index contributed by atoms with van der Waals surface area (Å²) in [6, 6.07) is 3.51. The van der Waals surface area contributed by atoms with Crippen LogP contribution in [0.3, 0.4) is 0 Å². The Balaban J connectivity index is 3.00. The van der Waals surface area contributed by atoms with E-state index in [4.69, 9.17) is 13.9 Å². The van der Waals surface area contributed by atoms with Crippen LogP contribution in [0.5, 0.6) is 11.5 Å².